The third kappa shape index (κ3) is 5.57. The molecule has 130 valence electrons. The number of ether oxygens (including phenoxy) is 1. The van der Waals surface area contributed by atoms with Crippen molar-refractivity contribution in [3.05, 3.63) is 65.7 Å². The van der Waals surface area contributed by atoms with Gasteiger partial charge in [0.05, 0.1) is 6.42 Å². The zero-order valence-corrected chi connectivity index (χ0v) is 14.3. The van der Waals surface area contributed by atoms with Crippen LogP contribution in [0.1, 0.15) is 35.7 Å². The van der Waals surface area contributed by atoms with Crippen LogP contribution in [0, 0.1) is 6.92 Å². The summed E-state index contributed by atoms with van der Waals surface area (Å²) in [5.74, 6) is -1.11. The largest absolute Gasteiger partial charge is 0.454 e. The van der Waals surface area contributed by atoms with Gasteiger partial charge < -0.3 is 10.1 Å². The first-order chi connectivity index (χ1) is 12.0. The summed E-state index contributed by atoms with van der Waals surface area (Å²) in [6.07, 6.45) is -0.960. The molecule has 0 spiro atoms. The molecule has 0 aliphatic heterocycles. The average molecular weight is 339 g/mol. The van der Waals surface area contributed by atoms with E-state index in [9.17, 15) is 14.4 Å². The van der Waals surface area contributed by atoms with E-state index in [0.717, 1.165) is 5.56 Å². The summed E-state index contributed by atoms with van der Waals surface area (Å²) in [7, 11) is 0. The minimum atomic E-state index is -0.880. The molecule has 0 saturated carbocycles. The number of benzene rings is 2. The highest BCUT2D eigenvalue weighted by Gasteiger charge is 2.19. The smallest absolute Gasteiger partial charge is 0.307 e. The van der Waals surface area contributed by atoms with E-state index in [1.807, 2.05) is 25.1 Å². The van der Waals surface area contributed by atoms with E-state index in [-0.39, 0.29) is 24.5 Å². The van der Waals surface area contributed by atoms with Gasteiger partial charge in [-0.3, -0.25) is 14.4 Å². The lowest BCUT2D eigenvalue weighted by molar-refractivity contribution is -0.147. The quantitative estimate of drug-likeness (QED) is 0.619. The van der Waals surface area contributed by atoms with Gasteiger partial charge in [0.1, 0.15) is 0 Å². The van der Waals surface area contributed by atoms with Crippen LogP contribution < -0.4 is 5.32 Å². The van der Waals surface area contributed by atoms with Crippen molar-refractivity contribution in [1.82, 2.24) is 0 Å². The van der Waals surface area contributed by atoms with E-state index in [0.29, 0.717) is 11.3 Å². The number of carbonyl (C=O) groups is 3. The molecular weight excluding hydrogens is 318 g/mol. The second-order valence-corrected chi connectivity index (χ2v) is 5.73. The SMILES string of the molecule is Cc1ccccc1NC(=O)CCC(=O)O[C@H](C)C(=O)c1ccccc1. The summed E-state index contributed by atoms with van der Waals surface area (Å²) in [5, 5.41) is 2.75. The van der Waals surface area contributed by atoms with Crippen LogP contribution in [0.5, 0.6) is 0 Å². The highest BCUT2D eigenvalue weighted by Crippen LogP contribution is 2.14. The summed E-state index contributed by atoms with van der Waals surface area (Å²) in [5.41, 5.74) is 2.15. The zero-order chi connectivity index (χ0) is 18.2. The lowest BCUT2D eigenvalue weighted by atomic mass is 10.1. The number of rotatable bonds is 7. The van der Waals surface area contributed by atoms with Crippen LogP contribution in [-0.2, 0) is 14.3 Å². The molecule has 0 aliphatic rings. The van der Waals surface area contributed by atoms with Gasteiger partial charge in [-0.25, -0.2) is 0 Å². The lowest BCUT2D eigenvalue weighted by Gasteiger charge is -2.12. The molecule has 0 radical (unpaired) electrons. The standard InChI is InChI=1S/C20H21NO4/c1-14-8-6-7-11-17(14)21-18(22)12-13-19(23)25-15(2)20(24)16-9-4-3-5-10-16/h3-11,15H,12-13H2,1-2H3,(H,21,22)/t15-/m1/s1. The third-order valence-corrected chi connectivity index (χ3v) is 3.71. The van der Waals surface area contributed by atoms with Gasteiger partial charge >= 0.3 is 5.97 Å². The van der Waals surface area contributed by atoms with E-state index in [1.165, 1.54) is 6.92 Å². The van der Waals surface area contributed by atoms with Gasteiger partial charge in [0.15, 0.2) is 6.10 Å². The Hall–Kier alpha value is -2.95. The van der Waals surface area contributed by atoms with Gasteiger partial charge in [0.2, 0.25) is 11.7 Å². The number of anilines is 1. The van der Waals surface area contributed by atoms with Crippen LogP contribution in [0.4, 0.5) is 5.69 Å². The maximum absolute atomic E-state index is 12.1. The molecule has 0 fully saturated rings. The number of esters is 1. The zero-order valence-electron chi connectivity index (χ0n) is 14.3. The second-order valence-electron chi connectivity index (χ2n) is 5.73. The molecule has 25 heavy (non-hydrogen) atoms. The lowest BCUT2D eigenvalue weighted by Crippen LogP contribution is -2.25. The van der Waals surface area contributed by atoms with Gasteiger partial charge in [-0.15, -0.1) is 0 Å². The first-order valence-electron chi connectivity index (χ1n) is 8.11. The Morgan fingerprint density at radius 1 is 0.960 bits per heavy atom. The fourth-order valence-electron chi connectivity index (χ4n) is 2.29. The predicted molar refractivity (Wildman–Crippen MR) is 95.4 cm³/mol. The molecule has 1 amide bonds. The molecule has 0 aliphatic carbocycles. The first kappa shape index (κ1) is 18.4. The van der Waals surface area contributed by atoms with Gasteiger partial charge in [0.25, 0.3) is 0 Å². The topological polar surface area (TPSA) is 72.5 Å². The number of amides is 1. The number of aryl methyl sites for hydroxylation is 1. The van der Waals surface area contributed by atoms with Crippen molar-refractivity contribution in [3.8, 4) is 0 Å². The van der Waals surface area contributed by atoms with E-state index in [2.05, 4.69) is 5.32 Å². The molecule has 5 heteroatoms. The summed E-state index contributed by atoms with van der Waals surface area (Å²) in [6, 6.07) is 16.0. The Morgan fingerprint density at radius 2 is 1.60 bits per heavy atom. The normalized spacial score (nSPS) is 11.4. The van der Waals surface area contributed by atoms with Crippen LogP contribution in [0.15, 0.2) is 54.6 Å². The van der Waals surface area contributed by atoms with Gasteiger partial charge in [-0.1, -0.05) is 48.5 Å². The van der Waals surface area contributed by atoms with Gasteiger partial charge in [-0.2, -0.15) is 0 Å². The van der Waals surface area contributed by atoms with Crippen molar-refractivity contribution in [1.29, 1.82) is 0 Å². The number of nitrogens with one attached hydrogen (secondary N) is 1. The highest BCUT2D eigenvalue weighted by molar-refractivity contribution is 6.00. The molecule has 0 heterocycles. The van der Waals surface area contributed by atoms with Crippen molar-refractivity contribution in [2.24, 2.45) is 0 Å². The monoisotopic (exact) mass is 339 g/mol. The molecule has 2 aromatic carbocycles. The van der Waals surface area contributed by atoms with E-state index >= 15 is 0 Å². The minimum Gasteiger partial charge on any atom is -0.454 e. The van der Waals surface area contributed by atoms with Crippen LogP contribution in [-0.4, -0.2) is 23.8 Å². The number of carbonyl (C=O) groups excluding carboxylic acids is 3. The predicted octanol–water partition coefficient (Wildman–Crippen LogP) is 3.53. The van der Waals surface area contributed by atoms with Crippen molar-refractivity contribution >= 4 is 23.3 Å². The average Bonchev–Trinajstić information content (AvgIpc) is 2.62. The third-order valence-electron chi connectivity index (χ3n) is 3.71. The highest BCUT2D eigenvalue weighted by atomic mass is 16.5. The number of para-hydroxylation sites is 1. The van der Waals surface area contributed by atoms with Crippen LogP contribution in [0.25, 0.3) is 0 Å². The minimum absolute atomic E-state index is 0.000580. The number of Topliss-reactive ketones (excluding diaryl/α,β-unsaturated/α-hetero) is 1. The number of hydrogen-bond acceptors (Lipinski definition) is 4. The molecule has 0 bridgehead atoms. The molecule has 0 unspecified atom stereocenters. The number of hydrogen-bond donors (Lipinski definition) is 1. The Labute approximate surface area is 147 Å². The maximum atomic E-state index is 12.1. The molecule has 1 atom stereocenters. The molecule has 2 aromatic rings. The van der Waals surface area contributed by atoms with Crippen LogP contribution in [0.2, 0.25) is 0 Å². The Balaban J connectivity index is 1.79. The molecular formula is C20H21NO4. The summed E-state index contributed by atoms with van der Waals surface area (Å²) in [4.78, 5) is 35.9. The van der Waals surface area contributed by atoms with Gasteiger partial charge in [0, 0.05) is 17.7 Å². The van der Waals surface area contributed by atoms with Crippen LogP contribution in [0.3, 0.4) is 0 Å². The molecule has 5 nitrogen and oxygen atoms in total. The van der Waals surface area contributed by atoms with Crippen molar-refractivity contribution < 1.29 is 19.1 Å². The van der Waals surface area contributed by atoms with Crippen molar-refractivity contribution in [3.63, 3.8) is 0 Å². The fourth-order valence-corrected chi connectivity index (χ4v) is 2.29. The number of ketones is 1. The first-order valence-corrected chi connectivity index (χ1v) is 8.11. The van der Waals surface area contributed by atoms with Crippen LogP contribution >= 0.6 is 0 Å². The summed E-state index contributed by atoms with van der Waals surface area (Å²) in [6.45, 7) is 3.42. The Kier molecular flexibility index (Phi) is 6.46. The molecule has 2 rings (SSSR count). The molecule has 0 aromatic heterocycles. The Bertz CT molecular complexity index is 755. The Morgan fingerprint density at radius 3 is 2.28 bits per heavy atom. The van der Waals surface area contributed by atoms with E-state index < -0.39 is 12.1 Å². The van der Waals surface area contributed by atoms with E-state index in [1.54, 1.807) is 36.4 Å². The summed E-state index contributed by atoms with van der Waals surface area (Å²) < 4.78 is 5.12. The maximum Gasteiger partial charge on any atom is 0.307 e. The summed E-state index contributed by atoms with van der Waals surface area (Å²) >= 11 is 0. The van der Waals surface area contributed by atoms with Crippen molar-refractivity contribution in [2.75, 3.05) is 5.32 Å². The molecule has 1 N–H and O–H groups in total. The van der Waals surface area contributed by atoms with Gasteiger partial charge in [-0.05, 0) is 25.5 Å². The van der Waals surface area contributed by atoms with E-state index in [4.69, 9.17) is 4.74 Å². The van der Waals surface area contributed by atoms with Crippen molar-refractivity contribution in [2.45, 2.75) is 32.8 Å². The fraction of sp³-hybridized carbons (Fsp3) is 0.250. The molecule has 0 saturated heterocycles. The second kappa shape index (κ2) is 8.78.